The van der Waals surface area contributed by atoms with Crippen LogP contribution in [-0.2, 0) is 23.5 Å². The molecule has 0 saturated heterocycles. The number of aliphatic carboxylic acids is 1. The van der Waals surface area contributed by atoms with Gasteiger partial charge in [-0.25, -0.2) is 4.79 Å². The Hall–Kier alpha value is -1.41. The van der Waals surface area contributed by atoms with E-state index in [1.54, 1.807) is 6.92 Å². The van der Waals surface area contributed by atoms with Crippen LogP contribution < -0.4 is 5.32 Å². The molecular weight excluding hydrogens is 330 g/mol. The van der Waals surface area contributed by atoms with Gasteiger partial charge in [-0.3, -0.25) is 9.59 Å². The number of carbonyl (C=O) groups excluding carboxylic acids is 2. The van der Waals surface area contributed by atoms with Crippen LogP contribution in [0.3, 0.4) is 0 Å². The van der Waals surface area contributed by atoms with E-state index in [1.807, 2.05) is 0 Å². The normalized spacial score (nSPS) is 13.2. The van der Waals surface area contributed by atoms with Gasteiger partial charge in [0.25, 0.3) is 0 Å². The van der Waals surface area contributed by atoms with Crippen LogP contribution in [0.25, 0.3) is 0 Å². The van der Waals surface area contributed by atoms with E-state index in [2.05, 4.69) is 39.2 Å². The molecule has 0 rings (SSSR count). The van der Waals surface area contributed by atoms with Gasteiger partial charge in [-0.15, -0.1) is 0 Å². The van der Waals surface area contributed by atoms with Gasteiger partial charge in [0.15, 0.2) is 8.32 Å². The van der Waals surface area contributed by atoms with Crippen molar-refractivity contribution < 1.29 is 28.7 Å². The average molecular weight is 362 g/mol. The van der Waals surface area contributed by atoms with E-state index in [9.17, 15) is 19.5 Å². The van der Waals surface area contributed by atoms with Gasteiger partial charge < -0.3 is 19.6 Å². The molecule has 140 valence electrons. The van der Waals surface area contributed by atoms with Gasteiger partial charge in [0, 0.05) is 19.4 Å². The second-order valence-electron chi connectivity index (χ2n) is 7.16. The molecule has 0 aromatic heterocycles. The van der Waals surface area contributed by atoms with Crippen LogP contribution in [0.2, 0.25) is 18.1 Å². The number of rotatable bonds is 10. The molecule has 1 atom stereocenters. The number of carboxylic acids is 1. The quantitative estimate of drug-likeness (QED) is 0.457. The van der Waals surface area contributed by atoms with E-state index in [0.717, 1.165) is 0 Å². The molecule has 0 spiro atoms. The highest BCUT2D eigenvalue weighted by Gasteiger charge is 2.37. The second kappa shape index (κ2) is 9.78. The molecule has 8 heteroatoms. The molecule has 0 aromatic carbocycles. The van der Waals surface area contributed by atoms with Crippen LogP contribution in [0.15, 0.2) is 0 Å². The monoisotopic (exact) mass is 361 g/mol. The standard InChI is InChI=1S/C16H31NO6Si/c1-7-22-14(19)9-8-13(18)17-12(15(20)21)10-11-23-24(5,6)16(2,3)4/h12H,7-11H2,1-6H3,(H,17,18)(H,20,21)/t12-/m0/s1. The number of nitrogens with one attached hydrogen (secondary N) is 1. The van der Waals surface area contributed by atoms with Gasteiger partial charge in [0.05, 0.1) is 13.0 Å². The van der Waals surface area contributed by atoms with Crippen LogP contribution >= 0.6 is 0 Å². The first-order valence-corrected chi connectivity index (χ1v) is 11.1. The predicted molar refractivity (Wildman–Crippen MR) is 93.2 cm³/mol. The molecule has 0 aliphatic heterocycles. The lowest BCUT2D eigenvalue weighted by Gasteiger charge is -2.36. The van der Waals surface area contributed by atoms with E-state index < -0.39 is 32.2 Å². The summed E-state index contributed by atoms with van der Waals surface area (Å²) in [7, 11) is -1.95. The minimum absolute atomic E-state index is 0.0363. The zero-order chi connectivity index (χ0) is 19.0. The van der Waals surface area contributed by atoms with Crippen molar-refractivity contribution in [2.45, 2.75) is 71.1 Å². The summed E-state index contributed by atoms with van der Waals surface area (Å²) in [6.45, 7) is 12.7. The van der Waals surface area contributed by atoms with Crippen LogP contribution in [0.1, 0.15) is 47.0 Å². The van der Waals surface area contributed by atoms with E-state index in [0.29, 0.717) is 0 Å². The maximum atomic E-state index is 11.8. The van der Waals surface area contributed by atoms with E-state index >= 15 is 0 Å². The Labute approximate surface area is 145 Å². The topological polar surface area (TPSA) is 102 Å². The summed E-state index contributed by atoms with van der Waals surface area (Å²) in [6.07, 6.45) is 0.0329. The van der Waals surface area contributed by atoms with Crippen LogP contribution in [0.4, 0.5) is 0 Å². The number of amides is 1. The molecule has 0 saturated carbocycles. The van der Waals surface area contributed by atoms with Crippen molar-refractivity contribution in [3.63, 3.8) is 0 Å². The number of ether oxygens (including phenoxy) is 1. The first-order chi connectivity index (χ1) is 10.9. The predicted octanol–water partition coefficient (Wildman–Crippen LogP) is 2.31. The summed E-state index contributed by atoms with van der Waals surface area (Å²) < 4.78 is 10.7. The molecule has 0 heterocycles. The maximum absolute atomic E-state index is 11.8. The second-order valence-corrected chi connectivity index (χ2v) is 12.0. The Morgan fingerprint density at radius 3 is 2.21 bits per heavy atom. The molecule has 1 amide bonds. The number of hydrogen-bond acceptors (Lipinski definition) is 5. The van der Waals surface area contributed by atoms with Crippen molar-refractivity contribution in [3.05, 3.63) is 0 Å². The third-order valence-electron chi connectivity index (χ3n) is 4.17. The lowest BCUT2D eigenvalue weighted by atomic mass is 10.2. The Morgan fingerprint density at radius 1 is 1.17 bits per heavy atom. The summed E-state index contributed by atoms with van der Waals surface area (Å²) in [6, 6.07) is -1.02. The number of esters is 1. The lowest BCUT2D eigenvalue weighted by molar-refractivity contribution is -0.145. The first-order valence-electron chi connectivity index (χ1n) is 8.22. The van der Waals surface area contributed by atoms with E-state index in [-0.39, 0.29) is 37.5 Å². The summed E-state index contributed by atoms with van der Waals surface area (Å²) in [5.74, 6) is -2.07. The largest absolute Gasteiger partial charge is 0.480 e. The molecule has 7 nitrogen and oxygen atoms in total. The minimum Gasteiger partial charge on any atom is -0.480 e. The van der Waals surface area contributed by atoms with Gasteiger partial charge in [-0.2, -0.15) is 0 Å². The number of carbonyl (C=O) groups is 3. The molecule has 0 unspecified atom stereocenters. The minimum atomic E-state index is -1.95. The van der Waals surface area contributed by atoms with Gasteiger partial charge >= 0.3 is 11.9 Å². The van der Waals surface area contributed by atoms with E-state index in [1.165, 1.54) is 0 Å². The smallest absolute Gasteiger partial charge is 0.326 e. The zero-order valence-corrected chi connectivity index (χ0v) is 16.6. The average Bonchev–Trinajstić information content (AvgIpc) is 2.42. The Kier molecular flexibility index (Phi) is 9.20. The molecule has 2 N–H and O–H groups in total. The highest BCUT2D eigenvalue weighted by Crippen LogP contribution is 2.36. The lowest BCUT2D eigenvalue weighted by Crippen LogP contribution is -2.44. The third-order valence-corrected chi connectivity index (χ3v) is 8.71. The molecule has 0 radical (unpaired) electrons. The van der Waals surface area contributed by atoms with Crippen molar-refractivity contribution >= 4 is 26.2 Å². The highest BCUT2D eigenvalue weighted by molar-refractivity contribution is 6.74. The van der Waals surface area contributed by atoms with Crippen molar-refractivity contribution in [2.75, 3.05) is 13.2 Å². The van der Waals surface area contributed by atoms with Crippen molar-refractivity contribution in [2.24, 2.45) is 0 Å². The highest BCUT2D eigenvalue weighted by atomic mass is 28.4. The van der Waals surface area contributed by atoms with Gasteiger partial charge in [-0.05, 0) is 25.1 Å². The molecular formula is C16H31NO6Si. The summed E-state index contributed by atoms with van der Waals surface area (Å²) in [5, 5.41) is 11.7. The first kappa shape index (κ1) is 22.6. The molecule has 24 heavy (non-hydrogen) atoms. The molecule has 0 aliphatic carbocycles. The summed E-state index contributed by atoms with van der Waals surface area (Å²) in [5.41, 5.74) is 0. The SMILES string of the molecule is CCOC(=O)CCC(=O)N[C@@H](CCO[Si](C)(C)C(C)(C)C)C(=O)O. The fraction of sp³-hybridized carbons (Fsp3) is 0.812. The van der Waals surface area contributed by atoms with Crippen molar-refractivity contribution in [1.29, 1.82) is 0 Å². The zero-order valence-electron chi connectivity index (χ0n) is 15.6. The Morgan fingerprint density at radius 2 is 1.75 bits per heavy atom. The van der Waals surface area contributed by atoms with Crippen molar-refractivity contribution in [1.82, 2.24) is 5.32 Å². The van der Waals surface area contributed by atoms with Crippen LogP contribution in [-0.4, -0.2) is 50.5 Å². The fourth-order valence-corrected chi connectivity index (χ4v) is 2.68. The maximum Gasteiger partial charge on any atom is 0.326 e. The summed E-state index contributed by atoms with van der Waals surface area (Å²) in [4.78, 5) is 34.3. The fourth-order valence-electron chi connectivity index (χ4n) is 1.62. The van der Waals surface area contributed by atoms with E-state index in [4.69, 9.17) is 9.16 Å². The molecule has 0 fully saturated rings. The number of carboxylic acid groups (broad SMARTS) is 1. The Balaban J connectivity index is 4.39. The van der Waals surface area contributed by atoms with Gasteiger partial charge in [0.2, 0.25) is 5.91 Å². The molecule has 0 aliphatic rings. The van der Waals surface area contributed by atoms with Gasteiger partial charge in [0.1, 0.15) is 6.04 Å². The Bertz CT molecular complexity index is 444. The third kappa shape index (κ3) is 8.44. The molecule has 0 aromatic rings. The number of hydrogen-bond donors (Lipinski definition) is 2. The summed E-state index contributed by atoms with van der Waals surface area (Å²) >= 11 is 0. The van der Waals surface area contributed by atoms with Crippen LogP contribution in [0, 0.1) is 0 Å². The van der Waals surface area contributed by atoms with Crippen LogP contribution in [0.5, 0.6) is 0 Å². The molecule has 0 bridgehead atoms. The van der Waals surface area contributed by atoms with Gasteiger partial charge in [-0.1, -0.05) is 20.8 Å². The van der Waals surface area contributed by atoms with Crippen molar-refractivity contribution in [3.8, 4) is 0 Å².